The fourth-order valence-corrected chi connectivity index (χ4v) is 4.49. The molecular weight excluding hydrogens is 390 g/mol. The van der Waals surface area contributed by atoms with Gasteiger partial charge in [0.25, 0.3) is 0 Å². The van der Waals surface area contributed by atoms with Crippen LogP contribution < -0.4 is 5.32 Å². The first-order valence-corrected chi connectivity index (χ1v) is 11.8. The van der Waals surface area contributed by atoms with Crippen LogP contribution in [0.4, 0.5) is 0 Å². The summed E-state index contributed by atoms with van der Waals surface area (Å²) in [6.45, 7) is 10.8. The standard InChI is InChI=1S/C24H37N5O2/c1-2-25-23(26-20-24(8-9-24)18-21-6-4-3-5-7-21)29-12-10-27(11-13-29)19-22(30)28-14-16-31-17-15-28/h3-7H,2,8-20H2,1H3,(H,25,26). The first kappa shape index (κ1) is 22.1. The van der Waals surface area contributed by atoms with Gasteiger partial charge in [0.15, 0.2) is 5.96 Å². The highest BCUT2D eigenvalue weighted by Crippen LogP contribution is 2.48. The fourth-order valence-electron chi connectivity index (χ4n) is 4.49. The van der Waals surface area contributed by atoms with E-state index in [-0.39, 0.29) is 5.91 Å². The number of benzene rings is 1. The summed E-state index contributed by atoms with van der Waals surface area (Å²) in [5.41, 5.74) is 1.76. The van der Waals surface area contributed by atoms with E-state index in [2.05, 4.69) is 52.4 Å². The minimum atomic E-state index is 0.230. The average Bonchev–Trinajstić information content (AvgIpc) is 3.58. The highest BCUT2D eigenvalue weighted by atomic mass is 16.5. The number of hydrogen-bond donors (Lipinski definition) is 1. The van der Waals surface area contributed by atoms with E-state index in [0.29, 0.717) is 25.2 Å². The second kappa shape index (κ2) is 10.5. The zero-order valence-electron chi connectivity index (χ0n) is 18.9. The monoisotopic (exact) mass is 427 g/mol. The maximum atomic E-state index is 12.5. The van der Waals surface area contributed by atoms with Crippen molar-refractivity contribution in [3.63, 3.8) is 0 Å². The van der Waals surface area contributed by atoms with E-state index < -0.39 is 0 Å². The van der Waals surface area contributed by atoms with Crippen LogP contribution in [0, 0.1) is 5.41 Å². The predicted molar refractivity (Wildman–Crippen MR) is 123 cm³/mol. The summed E-state index contributed by atoms with van der Waals surface area (Å²) in [5, 5.41) is 3.49. The first-order valence-electron chi connectivity index (χ1n) is 11.8. The lowest BCUT2D eigenvalue weighted by Gasteiger charge is -2.37. The van der Waals surface area contributed by atoms with Gasteiger partial charge in [-0.3, -0.25) is 14.7 Å². The molecule has 170 valence electrons. The SMILES string of the molecule is CCNC(=NCC1(Cc2ccccc2)CC1)N1CCN(CC(=O)N2CCOCC2)CC1. The summed E-state index contributed by atoms with van der Waals surface area (Å²) >= 11 is 0. The van der Waals surface area contributed by atoms with Gasteiger partial charge in [0.05, 0.1) is 19.8 Å². The number of ether oxygens (including phenoxy) is 1. The van der Waals surface area contributed by atoms with Gasteiger partial charge in [-0.1, -0.05) is 30.3 Å². The van der Waals surface area contributed by atoms with E-state index in [1.165, 1.54) is 18.4 Å². The van der Waals surface area contributed by atoms with Crippen molar-refractivity contribution in [2.24, 2.45) is 10.4 Å². The number of nitrogens with zero attached hydrogens (tertiary/aromatic N) is 4. The number of amides is 1. The molecule has 1 aromatic rings. The number of piperazine rings is 1. The van der Waals surface area contributed by atoms with Crippen LogP contribution in [0.25, 0.3) is 0 Å². The third-order valence-electron chi connectivity index (χ3n) is 6.67. The van der Waals surface area contributed by atoms with Crippen LogP contribution in [0.15, 0.2) is 35.3 Å². The Bertz CT molecular complexity index is 736. The number of carbonyl (C=O) groups is 1. The Hall–Kier alpha value is -2.12. The Labute approximate surface area is 186 Å². The topological polar surface area (TPSA) is 60.4 Å². The second-order valence-electron chi connectivity index (χ2n) is 9.09. The average molecular weight is 428 g/mol. The first-order chi connectivity index (χ1) is 15.2. The Morgan fingerprint density at radius 1 is 1.03 bits per heavy atom. The normalized spacial score (nSPS) is 21.8. The third-order valence-corrected chi connectivity index (χ3v) is 6.67. The molecule has 2 aliphatic heterocycles. The largest absolute Gasteiger partial charge is 0.378 e. The zero-order chi connectivity index (χ0) is 21.5. The van der Waals surface area contributed by atoms with Crippen molar-refractivity contribution in [2.45, 2.75) is 26.2 Å². The van der Waals surface area contributed by atoms with Gasteiger partial charge in [-0.25, -0.2) is 0 Å². The number of nitrogens with one attached hydrogen (secondary N) is 1. The second-order valence-corrected chi connectivity index (χ2v) is 9.09. The molecule has 0 atom stereocenters. The van der Waals surface area contributed by atoms with Crippen LogP contribution >= 0.6 is 0 Å². The summed E-state index contributed by atoms with van der Waals surface area (Å²) in [4.78, 5) is 24.1. The molecule has 2 heterocycles. The van der Waals surface area contributed by atoms with Crippen LogP contribution in [0.3, 0.4) is 0 Å². The molecule has 0 radical (unpaired) electrons. The highest BCUT2D eigenvalue weighted by Gasteiger charge is 2.42. The predicted octanol–water partition coefficient (Wildman–Crippen LogP) is 1.45. The van der Waals surface area contributed by atoms with Gasteiger partial charge in [0, 0.05) is 52.4 Å². The third kappa shape index (κ3) is 6.20. The smallest absolute Gasteiger partial charge is 0.236 e. The molecule has 7 heteroatoms. The molecule has 0 spiro atoms. The quantitative estimate of drug-likeness (QED) is 0.527. The van der Waals surface area contributed by atoms with Gasteiger partial charge in [-0.15, -0.1) is 0 Å². The summed E-state index contributed by atoms with van der Waals surface area (Å²) in [6, 6.07) is 10.8. The molecule has 31 heavy (non-hydrogen) atoms. The fraction of sp³-hybridized carbons (Fsp3) is 0.667. The molecule has 1 amide bonds. The van der Waals surface area contributed by atoms with Gasteiger partial charge >= 0.3 is 0 Å². The van der Waals surface area contributed by atoms with Crippen molar-refractivity contribution in [3.8, 4) is 0 Å². The lowest BCUT2D eigenvalue weighted by atomic mass is 9.97. The Morgan fingerprint density at radius 2 is 1.74 bits per heavy atom. The molecule has 0 aromatic heterocycles. The van der Waals surface area contributed by atoms with Gasteiger partial charge in [0.2, 0.25) is 5.91 Å². The summed E-state index contributed by atoms with van der Waals surface area (Å²) in [5.74, 6) is 1.26. The maximum absolute atomic E-state index is 12.5. The molecule has 7 nitrogen and oxygen atoms in total. The number of guanidine groups is 1. The highest BCUT2D eigenvalue weighted by molar-refractivity contribution is 5.80. The van der Waals surface area contributed by atoms with Gasteiger partial charge < -0.3 is 19.9 Å². The summed E-state index contributed by atoms with van der Waals surface area (Å²) in [6.07, 6.45) is 3.65. The molecule has 1 saturated carbocycles. The molecule has 1 aromatic carbocycles. The van der Waals surface area contributed by atoms with E-state index in [9.17, 15) is 4.79 Å². The summed E-state index contributed by atoms with van der Waals surface area (Å²) < 4.78 is 5.35. The Morgan fingerprint density at radius 3 is 2.39 bits per heavy atom. The molecular formula is C24H37N5O2. The molecule has 1 N–H and O–H groups in total. The molecule has 1 aliphatic carbocycles. The van der Waals surface area contributed by atoms with Gasteiger partial charge in [-0.05, 0) is 37.2 Å². The van der Waals surface area contributed by atoms with Gasteiger partial charge in [-0.2, -0.15) is 0 Å². The molecule has 4 rings (SSSR count). The van der Waals surface area contributed by atoms with Crippen LogP contribution in [-0.4, -0.2) is 98.7 Å². The molecule has 3 fully saturated rings. The van der Waals surface area contributed by atoms with Crippen LogP contribution in [0.2, 0.25) is 0 Å². The van der Waals surface area contributed by atoms with E-state index >= 15 is 0 Å². The van der Waals surface area contributed by atoms with Crippen molar-refractivity contribution in [3.05, 3.63) is 35.9 Å². The number of hydrogen-bond acceptors (Lipinski definition) is 4. The lowest BCUT2D eigenvalue weighted by molar-refractivity contribution is -0.136. The molecule has 3 aliphatic rings. The number of morpholine rings is 1. The van der Waals surface area contributed by atoms with Crippen molar-refractivity contribution in [1.82, 2.24) is 20.0 Å². The number of carbonyl (C=O) groups excluding carboxylic acids is 1. The minimum Gasteiger partial charge on any atom is -0.378 e. The Balaban J connectivity index is 1.27. The van der Waals surface area contributed by atoms with Gasteiger partial charge in [0.1, 0.15) is 0 Å². The van der Waals surface area contributed by atoms with E-state index in [4.69, 9.17) is 9.73 Å². The van der Waals surface area contributed by atoms with E-state index in [0.717, 1.165) is 64.7 Å². The zero-order valence-corrected chi connectivity index (χ0v) is 18.9. The van der Waals surface area contributed by atoms with Crippen molar-refractivity contribution >= 4 is 11.9 Å². The van der Waals surface area contributed by atoms with Crippen molar-refractivity contribution < 1.29 is 9.53 Å². The molecule has 2 saturated heterocycles. The maximum Gasteiger partial charge on any atom is 0.236 e. The minimum absolute atomic E-state index is 0.230. The number of aliphatic imine (C=N–C) groups is 1. The number of rotatable bonds is 7. The van der Waals surface area contributed by atoms with Crippen LogP contribution in [-0.2, 0) is 16.0 Å². The Kier molecular flexibility index (Phi) is 7.45. The van der Waals surface area contributed by atoms with E-state index in [1.807, 2.05) is 4.90 Å². The molecule has 0 unspecified atom stereocenters. The van der Waals surface area contributed by atoms with E-state index in [1.54, 1.807) is 0 Å². The van der Waals surface area contributed by atoms with Crippen LogP contribution in [0.1, 0.15) is 25.3 Å². The molecule has 0 bridgehead atoms. The summed E-state index contributed by atoms with van der Waals surface area (Å²) in [7, 11) is 0. The van der Waals surface area contributed by atoms with Crippen molar-refractivity contribution in [2.75, 3.05) is 72.1 Å². The van der Waals surface area contributed by atoms with Crippen molar-refractivity contribution in [1.29, 1.82) is 0 Å². The van der Waals surface area contributed by atoms with Crippen LogP contribution in [0.5, 0.6) is 0 Å². The lowest BCUT2D eigenvalue weighted by Crippen LogP contribution is -2.55.